The van der Waals surface area contributed by atoms with Gasteiger partial charge in [0.15, 0.2) is 0 Å². The Hall–Kier alpha value is -2.40. The summed E-state index contributed by atoms with van der Waals surface area (Å²) in [4.78, 5) is 31.4. The number of carbonyl (C=O) groups is 2. The second-order valence-corrected chi connectivity index (χ2v) is 7.70. The number of aryl methyl sites for hydroxylation is 2. The molecule has 1 aliphatic heterocycles. The highest BCUT2D eigenvalue weighted by atomic mass is 35.5. The van der Waals surface area contributed by atoms with Crippen LogP contribution in [0.3, 0.4) is 0 Å². The van der Waals surface area contributed by atoms with Gasteiger partial charge in [0.1, 0.15) is 5.69 Å². The molecule has 1 aromatic carbocycles. The fraction of sp³-hybridized carbons (Fsp3) is 0.381. The minimum absolute atomic E-state index is 0.124. The van der Waals surface area contributed by atoms with Gasteiger partial charge in [0.2, 0.25) is 0 Å². The summed E-state index contributed by atoms with van der Waals surface area (Å²) in [6, 6.07) is 6.91. The summed E-state index contributed by atoms with van der Waals surface area (Å²) in [6.45, 7) is 7.51. The van der Waals surface area contributed by atoms with Gasteiger partial charge in [-0.1, -0.05) is 24.6 Å². The number of anilines is 1. The predicted octanol–water partition coefficient (Wildman–Crippen LogP) is 4.48. The number of nitrogens with zero attached hydrogens (tertiary/aromatic N) is 2. The quantitative estimate of drug-likeness (QED) is 0.847. The molecule has 27 heavy (non-hydrogen) atoms. The molecule has 0 unspecified atom stereocenters. The number of likely N-dealkylation sites (tertiary alicyclic amines) is 1. The average Bonchev–Trinajstić information content (AvgIpc) is 2.64. The molecule has 1 aliphatic rings. The van der Waals surface area contributed by atoms with Crippen LogP contribution in [-0.2, 0) is 0 Å². The Morgan fingerprint density at radius 2 is 1.89 bits per heavy atom. The van der Waals surface area contributed by atoms with E-state index in [0.29, 0.717) is 27.9 Å². The molecular weight excluding hydrogens is 362 g/mol. The van der Waals surface area contributed by atoms with E-state index < -0.39 is 0 Å². The van der Waals surface area contributed by atoms with Crippen LogP contribution in [0, 0.1) is 19.8 Å². The highest BCUT2D eigenvalue weighted by Crippen LogP contribution is 2.28. The third-order valence-electron chi connectivity index (χ3n) is 4.98. The number of nitrogens with one attached hydrogen (secondary N) is 1. The van der Waals surface area contributed by atoms with Gasteiger partial charge < -0.3 is 10.2 Å². The molecule has 0 aliphatic carbocycles. The van der Waals surface area contributed by atoms with E-state index in [2.05, 4.69) is 17.2 Å². The number of aromatic nitrogens is 1. The van der Waals surface area contributed by atoms with Gasteiger partial charge >= 0.3 is 0 Å². The van der Waals surface area contributed by atoms with Crippen molar-refractivity contribution in [3.63, 3.8) is 0 Å². The van der Waals surface area contributed by atoms with Crippen molar-refractivity contribution in [3.8, 4) is 0 Å². The monoisotopic (exact) mass is 385 g/mol. The van der Waals surface area contributed by atoms with E-state index in [1.54, 1.807) is 12.1 Å². The highest BCUT2D eigenvalue weighted by molar-refractivity contribution is 6.34. The first-order valence-corrected chi connectivity index (χ1v) is 9.56. The number of halogens is 1. The van der Waals surface area contributed by atoms with Crippen molar-refractivity contribution in [1.29, 1.82) is 0 Å². The predicted molar refractivity (Wildman–Crippen MR) is 107 cm³/mol. The van der Waals surface area contributed by atoms with E-state index in [9.17, 15) is 9.59 Å². The van der Waals surface area contributed by atoms with Gasteiger partial charge in [-0.25, -0.2) is 0 Å². The first-order chi connectivity index (χ1) is 12.8. The van der Waals surface area contributed by atoms with Crippen molar-refractivity contribution < 1.29 is 9.59 Å². The lowest BCUT2D eigenvalue weighted by atomic mass is 9.99. The minimum Gasteiger partial charge on any atom is -0.337 e. The van der Waals surface area contributed by atoms with Crippen LogP contribution in [0.2, 0.25) is 5.02 Å². The van der Waals surface area contributed by atoms with E-state index in [-0.39, 0.29) is 11.8 Å². The Kier molecular flexibility index (Phi) is 5.80. The molecule has 2 amide bonds. The summed E-state index contributed by atoms with van der Waals surface area (Å²) >= 11 is 6.27. The number of amides is 2. The molecule has 6 heteroatoms. The summed E-state index contributed by atoms with van der Waals surface area (Å²) in [6.07, 6.45) is 3.49. The minimum atomic E-state index is -0.312. The summed E-state index contributed by atoms with van der Waals surface area (Å²) in [5, 5.41) is 3.34. The molecule has 1 fully saturated rings. The molecule has 3 rings (SSSR count). The van der Waals surface area contributed by atoms with Gasteiger partial charge in [-0.05, 0) is 61.9 Å². The molecule has 0 spiro atoms. The fourth-order valence-electron chi connectivity index (χ4n) is 3.32. The maximum atomic E-state index is 12.7. The van der Waals surface area contributed by atoms with Gasteiger partial charge in [-0.15, -0.1) is 0 Å². The van der Waals surface area contributed by atoms with Gasteiger partial charge in [-0.3, -0.25) is 14.6 Å². The zero-order valence-electron chi connectivity index (χ0n) is 15.9. The molecule has 0 atom stereocenters. The van der Waals surface area contributed by atoms with Crippen LogP contribution in [0.5, 0.6) is 0 Å². The van der Waals surface area contributed by atoms with Gasteiger partial charge in [0.25, 0.3) is 11.8 Å². The number of piperidine rings is 1. The van der Waals surface area contributed by atoms with Crippen molar-refractivity contribution in [2.24, 2.45) is 5.92 Å². The maximum absolute atomic E-state index is 12.7. The molecule has 2 heterocycles. The van der Waals surface area contributed by atoms with Gasteiger partial charge in [0.05, 0.1) is 10.7 Å². The molecule has 5 nitrogen and oxygen atoms in total. The van der Waals surface area contributed by atoms with Crippen LogP contribution in [0.4, 0.5) is 5.69 Å². The smallest absolute Gasteiger partial charge is 0.272 e. The van der Waals surface area contributed by atoms with Crippen molar-refractivity contribution in [2.75, 3.05) is 18.4 Å². The number of hydrogen-bond donors (Lipinski definition) is 1. The van der Waals surface area contributed by atoms with E-state index in [1.165, 1.54) is 6.20 Å². The Morgan fingerprint density at radius 3 is 2.56 bits per heavy atom. The Balaban J connectivity index is 1.77. The molecule has 1 saturated heterocycles. The zero-order chi connectivity index (χ0) is 19.6. The van der Waals surface area contributed by atoms with E-state index in [0.717, 1.165) is 37.1 Å². The number of pyridine rings is 1. The Morgan fingerprint density at radius 1 is 1.19 bits per heavy atom. The summed E-state index contributed by atoms with van der Waals surface area (Å²) in [5.41, 5.74) is 3.19. The average molecular weight is 386 g/mol. The Bertz CT molecular complexity index is 850. The SMILES string of the molecule is Cc1cc(C)c(NC(=O)c2ccnc(C(=O)N3CCC(C)CC3)c2)c(Cl)c1. The number of benzene rings is 1. The highest BCUT2D eigenvalue weighted by Gasteiger charge is 2.23. The van der Waals surface area contributed by atoms with Crippen molar-refractivity contribution in [3.05, 3.63) is 57.9 Å². The van der Waals surface area contributed by atoms with Gasteiger partial charge in [-0.2, -0.15) is 0 Å². The standard InChI is InChI=1S/C21H24ClN3O2/c1-13-5-8-25(9-6-13)21(27)18-12-16(4-7-23-18)20(26)24-19-15(3)10-14(2)11-17(19)22/h4,7,10-13H,5-6,8-9H2,1-3H3,(H,24,26). The molecule has 0 bridgehead atoms. The lowest BCUT2D eigenvalue weighted by Gasteiger charge is -2.30. The summed E-state index contributed by atoms with van der Waals surface area (Å²) in [7, 11) is 0. The third-order valence-corrected chi connectivity index (χ3v) is 5.28. The normalized spacial score (nSPS) is 14.9. The molecule has 0 saturated carbocycles. The molecule has 142 valence electrons. The second kappa shape index (κ2) is 8.09. The van der Waals surface area contributed by atoms with E-state index in [4.69, 9.17) is 11.6 Å². The van der Waals surface area contributed by atoms with Crippen molar-refractivity contribution >= 4 is 29.1 Å². The molecule has 1 N–H and O–H groups in total. The van der Waals surface area contributed by atoms with Crippen molar-refractivity contribution in [2.45, 2.75) is 33.6 Å². The van der Waals surface area contributed by atoms with Crippen LogP contribution >= 0.6 is 11.6 Å². The number of carbonyl (C=O) groups excluding carboxylic acids is 2. The zero-order valence-corrected chi connectivity index (χ0v) is 16.6. The van der Waals surface area contributed by atoms with Crippen LogP contribution in [0.1, 0.15) is 51.7 Å². The van der Waals surface area contributed by atoms with Crippen LogP contribution < -0.4 is 5.32 Å². The molecule has 2 aromatic rings. The molecule has 1 aromatic heterocycles. The molecular formula is C21H24ClN3O2. The lowest BCUT2D eigenvalue weighted by Crippen LogP contribution is -2.38. The first-order valence-electron chi connectivity index (χ1n) is 9.18. The number of rotatable bonds is 3. The largest absolute Gasteiger partial charge is 0.337 e. The van der Waals surface area contributed by atoms with Gasteiger partial charge in [0, 0.05) is 24.8 Å². The fourth-order valence-corrected chi connectivity index (χ4v) is 3.69. The van der Waals surface area contributed by atoms with Crippen LogP contribution in [0.15, 0.2) is 30.5 Å². The number of hydrogen-bond acceptors (Lipinski definition) is 3. The lowest BCUT2D eigenvalue weighted by molar-refractivity contribution is 0.0691. The topological polar surface area (TPSA) is 62.3 Å². The van der Waals surface area contributed by atoms with E-state index in [1.807, 2.05) is 30.9 Å². The summed E-state index contributed by atoms with van der Waals surface area (Å²) < 4.78 is 0. The van der Waals surface area contributed by atoms with Crippen LogP contribution in [0.25, 0.3) is 0 Å². The summed E-state index contributed by atoms with van der Waals surface area (Å²) in [5.74, 6) is 0.204. The third kappa shape index (κ3) is 4.48. The first kappa shape index (κ1) is 19.4. The second-order valence-electron chi connectivity index (χ2n) is 7.30. The maximum Gasteiger partial charge on any atom is 0.272 e. The molecule has 0 radical (unpaired) electrons. The Labute approximate surface area is 164 Å². The van der Waals surface area contributed by atoms with Crippen molar-refractivity contribution in [1.82, 2.24) is 9.88 Å². The van der Waals surface area contributed by atoms with E-state index >= 15 is 0 Å². The van der Waals surface area contributed by atoms with Crippen LogP contribution in [-0.4, -0.2) is 34.8 Å².